The van der Waals surface area contributed by atoms with Crippen LogP contribution in [0.2, 0.25) is 5.02 Å². The fraction of sp³-hybridized carbons (Fsp3) is 0.0625. The van der Waals surface area contributed by atoms with E-state index in [1.54, 1.807) is 6.92 Å². The number of nitrogens with zero attached hydrogens (tertiary/aromatic N) is 3. The maximum atomic E-state index is 12.7. The molecule has 25 heavy (non-hydrogen) atoms. The summed E-state index contributed by atoms with van der Waals surface area (Å²) >= 11 is 5.79. The number of benzene rings is 2. The SMILES string of the molecule is Cc1c(S(=O)(=O)c2ccc(Cl)cc2)nnn1-c1ccc(C(=O)O)cc1. The van der Waals surface area contributed by atoms with Gasteiger partial charge in [0, 0.05) is 5.02 Å². The molecule has 0 fully saturated rings. The normalized spacial score (nSPS) is 11.4. The molecule has 1 heterocycles. The highest BCUT2D eigenvalue weighted by Crippen LogP contribution is 2.24. The second kappa shape index (κ2) is 6.30. The largest absolute Gasteiger partial charge is 0.478 e. The van der Waals surface area contributed by atoms with Crippen LogP contribution in [0.5, 0.6) is 0 Å². The number of carboxylic acids is 1. The van der Waals surface area contributed by atoms with Crippen LogP contribution in [0.15, 0.2) is 58.5 Å². The van der Waals surface area contributed by atoms with Crippen molar-refractivity contribution in [2.75, 3.05) is 0 Å². The topological polar surface area (TPSA) is 102 Å². The summed E-state index contributed by atoms with van der Waals surface area (Å²) in [6.07, 6.45) is 0. The number of carboxylic acid groups (broad SMARTS) is 1. The summed E-state index contributed by atoms with van der Waals surface area (Å²) in [6, 6.07) is 11.7. The molecule has 0 saturated carbocycles. The van der Waals surface area contributed by atoms with Gasteiger partial charge in [0.1, 0.15) is 0 Å². The minimum Gasteiger partial charge on any atom is -0.478 e. The first-order valence-corrected chi connectivity index (χ1v) is 8.93. The highest BCUT2D eigenvalue weighted by atomic mass is 35.5. The molecule has 1 N–H and O–H groups in total. The van der Waals surface area contributed by atoms with E-state index >= 15 is 0 Å². The molecular formula is C16H12ClN3O4S. The number of halogens is 1. The second-order valence-corrected chi connectivity index (χ2v) is 7.50. The molecule has 0 saturated heterocycles. The Balaban J connectivity index is 2.03. The highest BCUT2D eigenvalue weighted by molar-refractivity contribution is 7.91. The highest BCUT2D eigenvalue weighted by Gasteiger charge is 2.25. The van der Waals surface area contributed by atoms with Crippen molar-refractivity contribution in [1.82, 2.24) is 15.0 Å². The lowest BCUT2D eigenvalue weighted by Gasteiger charge is -2.05. The van der Waals surface area contributed by atoms with Gasteiger partial charge in [-0.2, -0.15) is 0 Å². The lowest BCUT2D eigenvalue weighted by Crippen LogP contribution is -2.06. The zero-order chi connectivity index (χ0) is 18.2. The molecule has 3 rings (SSSR count). The summed E-state index contributed by atoms with van der Waals surface area (Å²) in [7, 11) is -3.84. The summed E-state index contributed by atoms with van der Waals surface area (Å²) in [5.74, 6) is -1.05. The quantitative estimate of drug-likeness (QED) is 0.750. The van der Waals surface area contributed by atoms with E-state index in [4.69, 9.17) is 16.7 Å². The van der Waals surface area contributed by atoms with E-state index in [1.807, 2.05) is 0 Å². The van der Waals surface area contributed by atoms with Crippen molar-refractivity contribution in [3.63, 3.8) is 0 Å². The Morgan fingerprint density at radius 3 is 2.24 bits per heavy atom. The van der Waals surface area contributed by atoms with Crippen molar-refractivity contribution in [2.24, 2.45) is 0 Å². The van der Waals surface area contributed by atoms with Gasteiger partial charge < -0.3 is 5.11 Å². The lowest BCUT2D eigenvalue weighted by molar-refractivity contribution is 0.0697. The molecule has 128 valence electrons. The zero-order valence-corrected chi connectivity index (χ0v) is 14.5. The molecule has 9 heteroatoms. The molecule has 0 unspecified atom stereocenters. The Bertz CT molecular complexity index is 1040. The van der Waals surface area contributed by atoms with Crippen LogP contribution < -0.4 is 0 Å². The molecule has 0 atom stereocenters. The first-order chi connectivity index (χ1) is 11.8. The van der Waals surface area contributed by atoms with Crippen LogP contribution in [0.1, 0.15) is 16.1 Å². The third-order valence-corrected chi connectivity index (χ3v) is 5.62. The van der Waals surface area contributed by atoms with E-state index in [9.17, 15) is 13.2 Å². The molecule has 2 aromatic carbocycles. The van der Waals surface area contributed by atoms with Crippen LogP contribution in [0.25, 0.3) is 5.69 Å². The molecule has 7 nitrogen and oxygen atoms in total. The lowest BCUT2D eigenvalue weighted by atomic mass is 10.2. The third kappa shape index (κ3) is 3.13. The van der Waals surface area contributed by atoms with Crippen LogP contribution >= 0.6 is 11.6 Å². The van der Waals surface area contributed by atoms with E-state index < -0.39 is 15.8 Å². The predicted octanol–water partition coefficient (Wildman–Crippen LogP) is 2.76. The van der Waals surface area contributed by atoms with Crippen LogP contribution in [-0.2, 0) is 9.84 Å². The summed E-state index contributed by atoms with van der Waals surface area (Å²) in [5, 5.41) is 16.9. The van der Waals surface area contributed by atoms with E-state index in [0.717, 1.165) is 0 Å². The summed E-state index contributed by atoms with van der Waals surface area (Å²) in [6.45, 7) is 1.58. The first kappa shape index (κ1) is 17.1. The Morgan fingerprint density at radius 1 is 1.08 bits per heavy atom. The fourth-order valence-electron chi connectivity index (χ4n) is 2.28. The summed E-state index contributed by atoms with van der Waals surface area (Å²) in [4.78, 5) is 11.0. The van der Waals surface area contributed by atoms with Gasteiger partial charge >= 0.3 is 5.97 Å². The minimum absolute atomic E-state index is 0.0632. The summed E-state index contributed by atoms with van der Waals surface area (Å²) in [5.41, 5.74) is 0.945. The fourth-order valence-corrected chi connectivity index (χ4v) is 3.74. The smallest absolute Gasteiger partial charge is 0.335 e. The minimum atomic E-state index is -3.84. The second-order valence-electron chi connectivity index (χ2n) is 5.20. The van der Waals surface area contributed by atoms with Gasteiger partial charge in [0.2, 0.25) is 14.9 Å². The van der Waals surface area contributed by atoms with Crippen LogP contribution in [0, 0.1) is 6.92 Å². The van der Waals surface area contributed by atoms with Gasteiger partial charge in [-0.05, 0) is 55.5 Å². The summed E-state index contributed by atoms with van der Waals surface area (Å²) < 4.78 is 26.8. The monoisotopic (exact) mass is 377 g/mol. The number of rotatable bonds is 4. The number of hydrogen-bond donors (Lipinski definition) is 1. The average molecular weight is 378 g/mol. The van der Waals surface area contributed by atoms with Gasteiger partial charge in [-0.3, -0.25) is 0 Å². The molecule has 0 amide bonds. The number of sulfone groups is 1. The van der Waals surface area contributed by atoms with Gasteiger partial charge in [0.15, 0.2) is 0 Å². The molecule has 0 spiro atoms. The predicted molar refractivity (Wildman–Crippen MR) is 90.0 cm³/mol. The van der Waals surface area contributed by atoms with E-state index in [0.29, 0.717) is 16.4 Å². The molecule has 3 aromatic rings. The number of carbonyl (C=O) groups is 1. The van der Waals surface area contributed by atoms with Crippen LogP contribution in [0.3, 0.4) is 0 Å². The molecule has 0 aliphatic rings. The van der Waals surface area contributed by atoms with E-state index in [-0.39, 0.29) is 15.5 Å². The number of aromatic nitrogens is 3. The Labute approximate surface area is 148 Å². The molecule has 0 aliphatic carbocycles. The molecule has 0 bridgehead atoms. The van der Waals surface area contributed by atoms with Gasteiger partial charge in [0.25, 0.3) is 0 Å². The van der Waals surface area contributed by atoms with Crippen LogP contribution in [0.4, 0.5) is 0 Å². The van der Waals surface area contributed by atoms with E-state index in [2.05, 4.69) is 10.3 Å². The van der Waals surface area contributed by atoms with Gasteiger partial charge in [0.05, 0.1) is 21.8 Å². The number of aromatic carboxylic acids is 1. The van der Waals surface area contributed by atoms with Gasteiger partial charge in [-0.1, -0.05) is 16.8 Å². The Hall–Kier alpha value is -2.71. The van der Waals surface area contributed by atoms with Gasteiger partial charge in [-0.25, -0.2) is 17.9 Å². The van der Waals surface area contributed by atoms with Crippen molar-refractivity contribution in [2.45, 2.75) is 16.8 Å². The molecule has 0 radical (unpaired) electrons. The number of hydrogen-bond acceptors (Lipinski definition) is 5. The maximum absolute atomic E-state index is 12.7. The van der Waals surface area contributed by atoms with E-state index in [1.165, 1.54) is 53.2 Å². The average Bonchev–Trinajstić information content (AvgIpc) is 2.97. The maximum Gasteiger partial charge on any atom is 0.335 e. The molecule has 1 aromatic heterocycles. The standard InChI is InChI=1S/C16H12ClN3O4S/c1-10-15(25(23,24)14-8-4-12(17)5-9-14)18-19-20(10)13-6-2-11(3-7-13)16(21)22/h2-9H,1H3,(H,21,22). The zero-order valence-electron chi connectivity index (χ0n) is 12.9. The first-order valence-electron chi connectivity index (χ1n) is 7.07. The van der Waals surface area contributed by atoms with Crippen LogP contribution in [-0.4, -0.2) is 34.5 Å². The van der Waals surface area contributed by atoms with Crippen molar-refractivity contribution in [1.29, 1.82) is 0 Å². The van der Waals surface area contributed by atoms with Crippen molar-refractivity contribution in [3.8, 4) is 5.69 Å². The Morgan fingerprint density at radius 2 is 1.68 bits per heavy atom. The van der Waals surface area contributed by atoms with Crippen molar-refractivity contribution < 1.29 is 18.3 Å². The molecule has 0 aliphatic heterocycles. The van der Waals surface area contributed by atoms with Crippen molar-refractivity contribution >= 4 is 27.4 Å². The third-order valence-electron chi connectivity index (χ3n) is 3.59. The Kier molecular flexibility index (Phi) is 4.32. The van der Waals surface area contributed by atoms with Gasteiger partial charge in [-0.15, -0.1) is 5.10 Å². The molecular weight excluding hydrogens is 366 g/mol. The van der Waals surface area contributed by atoms with Crippen molar-refractivity contribution in [3.05, 3.63) is 64.8 Å².